The van der Waals surface area contributed by atoms with Gasteiger partial charge in [-0.25, -0.2) is 0 Å². The standard InChI is InChI=1S/C17H22O3/c1-16(14-10-13(18)7-8-17(14)11-19-17)15(20-16)9-12-5-3-2-4-6-12/h2-6,13-15,18H,7-11H2,1H3/t13-,14?,15+,16+,17-/m0/s1. The van der Waals surface area contributed by atoms with Crippen LogP contribution in [-0.4, -0.2) is 35.1 Å². The van der Waals surface area contributed by atoms with E-state index in [1.807, 2.05) is 6.07 Å². The summed E-state index contributed by atoms with van der Waals surface area (Å²) in [4.78, 5) is 0. The summed E-state index contributed by atoms with van der Waals surface area (Å²) in [6, 6.07) is 10.5. The number of ether oxygens (including phenoxy) is 2. The van der Waals surface area contributed by atoms with Gasteiger partial charge in [0, 0.05) is 12.3 Å². The van der Waals surface area contributed by atoms with Crippen LogP contribution < -0.4 is 0 Å². The minimum atomic E-state index is -0.187. The molecule has 1 aliphatic carbocycles. The van der Waals surface area contributed by atoms with Crippen molar-refractivity contribution in [3.8, 4) is 0 Å². The van der Waals surface area contributed by atoms with Crippen molar-refractivity contribution in [1.82, 2.24) is 0 Å². The number of hydrogen-bond acceptors (Lipinski definition) is 3. The molecule has 0 bridgehead atoms. The van der Waals surface area contributed by atoms with E-state index in [-0.39, 0.29) is 23.4 Å². The number of aliphatic hydroxyl groups excluding tert-OH is 1. The maximum absolute atomic E-state index is 10.00. The van der Waals surface area contributed by atoms with Crippen molar-refractivity contribution < 1.29 is 14.6 Å². The maximum Gasteiger partial charge on any atom is 0.0981 e. The van der Waals surface area contributed by atoms with Crippen LogP contribution in [0.3, 0.4) is 0 Å². The number of epoxide rings is 2. The van der Waals surface area contributed by atoms with Crippen LogP contribution >= 0.6 is 0 Å². The van der Waals surface area contributed by atoms with Crippen LogP contribution in [0.15, 0.2) is 30.3 Å². The van der Waals surface area contributed by atoms with Gasteiger partial charge in [0.15, 0.2) is 0 Å². The largest absolute Gasteiger partial charge is 0.393 e. The number of rotatable bonds is 3. The SMILES string of the molecule is C[C@]1(C2C[C@@H](O)CC[C@]23CO3)O[C@@H]1Cc1ccccc1. The molecule has 1 spiro atoms. The maximum atomic E-state index is 10.00. The first kappa shape index (κ1) is 12.8. The van der Waals surface area contributed by atoms with Gasteiger partial charge >= 0.3 is 0 Å². The van der Waals surface area contributed by atoms with Crippen molar-refractivity contribution in [3.63, 3.8) is 0 Å². The molecule has 3 heteroatoms. The van der Waals surface area contributed by atoms with Gasteiger partial charge in [-0.15, -0.1) is 0 Å². The Hall–Kier alpha value is -0.900. The van der Waals surface area contributed by atoms with E-state index < -0.39 is 0 Å². The monoisotopic (exact) mass is 274 g/mol. The van der Waals surface area contributed by atoms with Gasteiger partial charge in [-0.2, -0.15) is 0 Å². The molecule has 5 atom stereocenters. The lowest BCUT2D eigenvalue weighted by Crippen LogP contribution is -2.43. The van der Waals surface area contributed by atoms with Crippen LogP contribution in [0.25, 0.3) is 0 Å². The van der Waals surface area contributed by atoms with Crippen LogP contribution in [-0.2, 0) is 15.9 Å². The van der Waals surface area contributed by atoms with Gasteiger partial charge in [-0.3, -0.25) is 0 Å². The van der Waals surface area contributed by atoms with E-state index in [1.165, 1.54) is 5.56 Å². The highest BCUT2D eigenvalue weighted by atomic mass is 16.6. The molecule has 3 nitrogen and oxygen atoms in total. The highest BCUT2D eigenvalue weighted by molar-refractivity contribution is 5.22. The summed E-state index contributed by atoms with van der Waals surface area (Å²) in [7, 11) is 0. The number of benzene rings is 1. The van der Waals surface area contributed by atoms with Crippen LogP contribution in [0.1, 0.15) is 31.7 Å². The summed E-state index contributed by atoms with van der Waals surface area (Å²) < 4.78 is 11.9. The van der Waals surface area contributed by atoms with Crippen molar-refractivity contribution in [2.45, 2.75) is 56.0 Å². The lowest BCUT2D eigenvalue weighted by atomic mass is 9.70. The predicted molar refractivity (Wildman–Crippen MR) is 75.5 cm³/mol. The Morgan fingerprint density at radius 3 is 2.75 bits per heavy atom. The molecule has 1 saturated carbocycles. The molecule has 1 N–H and O–H groups in total. The van der Waals surface area contributed by atoms with Crippen LogP contribution in [0.4, 0.5) is 0 Å². The molecular weight excluding hydrogens is 252 g/mol. The minimum absolute atomic E-state index is 0.0133. The third kappa shape index (κ3) is 2.00. The first-order valence-electron chi connectivity index (χ1n) is 7.66. The molecule has 4 rings (SSSR count). The fraction of sp³-hybridized carbons (Fsp3) is 0.647. The number of hydrogen-bond donors (Lipinski definition) is 1. The molecule has 1 aromatic rings. The second-order valence-electron chi connectivity index (χ2n) is 6.81. The van der Waals surface area contributed by atoms with Gasteiger partial charge in [0.25, 0.3) is 0 Å². The van der Waals surface area contributed by atoms with Gasteiger partial charge in [0.05, 0.1) is 30.0 Å². The molecule has 2 heterocycles. The Morgan fingerprint density at radius 1 is 1.30 bits per heavy atom. The van der Waals surface area contributed by atoms with Crippen molar-refractivity contribution >= 4 is 0 Å². The Balaban J connectivity index is 1.49. The van der Waals surface area contributed by atoms with E-state index in [4.69, 9.17) is 9.47 Å². The van der Waals surface area contributed by atoms with Crippen molar-refractivity contribution in [1.29, 1.82) is 0 Å². The average molecular weight is 274 g/mol. The quantitative estimate of drug-likeness (QED) is 0.860. The fourth-order valence-corrected chi connectivity index (χ4v) is 4.04. The smallest absolute Gasteiger partial charge is 0.0981 e. The van der Waals surface area contributed by atoms with Crippen LogP contribution in [0.2, 0.25) is 0 Å². The molecule has 2 saturated heterocycles. The second-order valence-corrected chi connectivity index (χ2v) is 6.81. The Bertz CT molecular complexity index is 496. The molecular formula is C17H22O3. The fourth-order valence-electron chi connectivity index (χ4n) is 4.04. The van der Waals surface area contributed by atoms with Gasteiger partial charge < -0.3 is 14.6 Å². The van der Waals surface area contributed by atoms with Crippen molar-refractivity contribution in [2.24, 2.45) is 5.92 Å². The third-order valence-electron chi connectivity index (χ3n) is 5.49. The first-order chi connectivity index (χ1) is 9.62. The minimum Gasteiger partial charge on any atom is -0.393 e. The van der Waals surface area contributed by atoms with E-state index in [0.717, 1.165) is 32.3 Å². The highest BCUT2D eigenvalue weighted by Crippen LogP contribution is 2.58. The molecule has 3 fully saturated rings. The van der Waals surface area contributed by atoms with Gasteiger partial charge in [0.1, 0.15) is 0 Å². The molecule has 2 aliphatic heterocycles. The zero-order valence-electron chi connectivity index (χ0n) is 11.9. The lowest BCUT2D eigenvalue weighted by molar-refractivity contribution is 0.0145. The van der Waals surface area contributed by atoms with E-state index >= 15 is 0 Å². The van der Waals surface area contributed by atoms with Gasteiger partial charge in [-0.05, 0) is 31.7 Å². The average Bonchev–Trinajstić information content (AvgIpc) is 3.35. The normalized spacial score (nSPS) is 46.4. The Morgan fingerprint density at radius 2 is 2.05 bits per heavy atom. The molecule has 0 amide bonds. The van der Waals surface area contributed by atoms with E-state index in [0.29, 0.717) is 5.92 Å². The lowest BCUT2D eigenvalue weighted by Gasteiger charge is -2.35. The summed E-state index contributed by atoms with van der Waals surface area (Å²) in [5.74, 6) is 0.340. The summed E-state index contributed by atoms with van der Waals surface area (Å²) >= 11 is 0. The van der Waals surface area contributed by atoms with Crippen molar-refractivity contribution in [2.75, 3.05) is 6.61 Å². The molecule has 1 aromatic carbocycles. The van der Waals surface area contributed by atoms with E-state index in [1.54, 1.807) is 0 Å². The van der Waals surface area contributed by atoms with E-state index in [2.05, 4.69) is 31.2 Å². The highest BCUT2D eigenvalue weighted by Gasteiger charge is 2.68. The Labute approximate surface area is 119 Å². The third-order valence-corrected chi connectivity index (χ3v) is 5.49. The summed E-state index contributed by atoms with van der Waals surface area (Å²) in [5, 5.41) is 10.00. The van der Waals surface area contributed by atoms with Gasteiger partial charge in [0.2, 0.25) is 0 Å². The summed E-state index contributed by atoms with van der Waals surface area (Å²) in [6.07, 6.45) is 3.71. The summed E-state index contributed by atoms with van der Waals surface area (Å²) in [6.45, 7) is 3.05. The Kier molecular flexibility index (Phi) is 2.75. The molecule has 20 heavy (non-hydrogen) atoms. The number of aliphatic hydroxyl groups is 1. The zero-order valence-corrected chi connectivity index (χ0v) is 11.9. The molecule has 3 aliphatic rings. The molecule has 1 unspecified atom stereocenters. The van der Waals surface area contributed by atoms with Crippen molar-refractivity contribution in [3.05, 3.63) is 35.9 Å². The topological polar surface area (TPSA) is 45.3 Å². The summed E-state index contributed by atoms with van der Waals surface area (Å²) in [5.41, 5.74) is 1.22. The van der Waals surface area contributed by atoms with Crippen LogP contribution in [0, 0.1) is 5.92 Å². The van der Waals surface area contributed by atoms with E-state index in [9.17, 15) is 5.11 Å². The molecule has 0 aromatic heterocycles. The predicted octanol–water partition coefficient (Wildman–Crippen LogP) is 2.32. The van der Waals surface area contributed by atoms with Crippen LogP contribution in [0.5, 0.6) is 0 Å². The second kappa shape index (κ2) is 4.30. The first-order valence-corrected chi connectivity index (χ1v) is 7.66. The molecule has 0 radical (unpaired) electrons. The zero-order chi connectivity index (χ0) is 13.8. The molecule has 108 valence electrons. The van der Waals surface area contributed by atoms with Gasteiger partial charge in [-0.1, -0.05) is 30.3 Å².